The average Bonchev–Trinajstić information content (AvgIpc) is 2.64. The van der Waals surface area contributed by atoms with Gasteiger partial charge in [-0.05, 0) is 23.8 Å². The lowest BCUT2D eigenvalue weighted by atomic mass is 9.88. The van der Waals surface area contributed by atoms with E-state index in [1.165, 1.54) is 0 Å². The maximum Gasteiger partial charge on any atom is 0.265 e. The van der Waals surface area contributed by atoms with Gasteiger partial charge < -0.3 is 10.4 Å². The van der Waals surface area contributed by atoms with Gasteiger partial charge in [0.15, 0.2) is 5.60 Å². The Morgan fingerprint density at radius 2 is 1.83 bits per heavy atom. The van der Waals surface area contributed by atoms with Crippen molar-refractivity contribution < 1.29 is 9.90 Å². The first-order chi connectivity index (χ1) is 8.62. The topological polar surface area (TPSA) is 49.3 Å². The molecule has 2 aromatic rings. The molecule has 1 aliphatic heterocycles. The lowest BCUT2D eigenvalue weighted by Gasteiger charge is -2.21. The maximum atomic E-state index is 12.1. The summed E-state index contributed by atoms with van der Waals surface area (Å²) in [6.45, 7) is 0. The van der Waals surface area contributed by atoms with Crippen LogP contribution in [-0.2, 0) is 10.4 Å². The number of benzene rings is 2. The van der Waals surface area contributed by atoms with Crippen molar-refractivity contribution in [3.63, 3.8) is 0 Å². The van der Waals surface area contributed by atoms with Crippen molar-refractivity contribution in [2.75, 3.05) is 5.32 Å². The van der Waals surface area contributed by atoms with Crippen molar-refractivity contribution in [3.8, 4) is 0 Å². The van der Waals surface area contributed by atoms with Gasteiger partial charge in [-0.25, -0.2) is 0 Å². The summed E-state index contributed by atoms with van der Waals surface area (Å²) < 4.78 is 0.826. The molecule has 4 heteroatoms. The van der Waals surface area contributed by atoms with Crippen LogP contribution in [0.4, 0.5) is 5.69 Å². The smallest absolute Gasteiger partial charge is 0.265 e. The summed E-state index contributed by atoms with van der Waals surface area (Å²) in [5.41, 5.74) is 0.183. The zero-order valence-electron chi connectivity index (χ0n) is 9.35. The Hall–Kier alpha value is -1.65. The van der Waals surface area contributed by atoms with E-state index in [0.29, 0.717) is 16.8 Å². The fourth-order valence-electron chi connectivity index (χ4n) is 2.23. The summed E-state index contributed by atoms with van der Waals surface area (Å²) in [5.74, 6) is -0.415. The first kappa shape index (κ1) is 11.4. The Morgan fingerprint density at radius 1 is 1.11 bits per heavy atom. The van der Waals surface area contributed by atoms with Crippen LogP contribution in [0.2, 0.25) is 0 Å². The number of hydrogen-bond donors (Lipinski definition) is 2. The molecule has 18 heavy (non-hydrogen) atoms. The van der Waals surface area contributed by atoms with Crippen LogP contribution in [0.3, 0.4) is 0 Å². The van der Waals surface area contributed by atoms with Crippen LogP contribution in [0.1, 0.15) is 11.1 Å². The lowest BCUT2D eigenvalue weighted by Crippen LogP contribution is -2.35. The number of aliphatic hydroxyl groups is 1. The largest absolute Gasteiger partial charge is 0.372 e. The Kier molecular flexibility index (Phi) is 2.50. The van der Waals surface area contributed by atoms with Gasteiger partial charge in [-0.15, -0.1) is 0 Å². The Bertz CT molecular complexity index is 627. The van der Waals surface area contributed by atoms with Crippen molar-refractivity contribution in [3.05, 3.63) is 64.1 Å². The normalized spacial score (nSPS) is 21.6. The van der Waals surface area contributed by atoms with E-state index in [0.717, 1.165) is 4.47 Å². The van der Waals surface area contributed by atoms with E-state index in [-0.39, 0.29) is 0 Å². The number of nitrogens with one attached hydrogen (secondary N) is 1. The first-order valence-electron chi connectivity index (χ1n) is 5.52. The fourth-order valence-corrected chi connectivity index (χ4v) is 2.59. The van der Waals surface area contributed by atoms with Crippen LogP contribution in [0.5, 0.6) is 0 Å². The maximum absolute atomic E-state index is 12.1. The van der Waals surface area contributed by atoms with Crippen LogP contribution in [0, 0.1) is 0 Å². The summed E-state index contributed by atoms with van der Waals surface area (Å²) in [4.78, 5) is 12.1. The molecule has 0 aromatic heterocycles. The van der Waals surface area contributed by atoms with Gasteiger partial charge in [0.25, 0.3) is 5.91 Å². The highest BCUT2D eigenvalue weighted by atomic mass is 79.9. The van der Waals surface area contributed by atoms with Crippen LogP contribution in [0.15, 0.2) is 53.0 Å². The molecule has 0 unspecified atom stereocenters. The van der Waals surface area contributed by atoms with E-state index in [4.69, 9.17) is 0 Å². The molecule has 2 N–H and O–H groups in total. The summed E-state index contributed by atoms with van der Waals surface area (Å²) in [7, 11) is 0. The van der Waals surface area contributed by atoms with E-state index in [1.54, 1.807) is 36.4 Å². The number of fused-ring (bicyclic) bond motifs is 1. The van der Waals surface area contributed by atoms with Crippen LogP contribution in [-0.4, -0.2) is 11.0 Å². The molecule has 0 radical (unpaired) electrons. The van der Waals surface area contributed by atoms with E-state index in [9.17, 15) is 9.90 Å². The standard InChI is InChI=1S/C14H10BrNO2/c15-10-6-7-12-11(8-10)14(18,13(17)16-12)9-4-2-1-3-5-9/h1-8,18H,(H,16,17)/t14-/m0/s1. The number of anilines is 1. The fraction of sp³-hybridized carbons (Fsp3) is 0.0714. The van der Waals surface area contributed by atoms with Crippen molar-refractivity contribution in [1.29, 1.82) is 0 Å². The zero-order chi connectivity index (χ0) is 12.8. The third kappa shape index (κ3) is 1.50. The molecule has 3 rings (SSSR count). The molecule has 0 spiro atoms. The Balaban J connectivity index is 2.25. The second-order valence-corrected chi connectivity index (χ2v) is 5.14. The van der Waals surface area contributed by atoms with Gasteiger partial charge in [0.2, 0.25) is 0 Å². The van der Waals surface area contributed by atoms with Crippen LogP contribution < -0.4 is 5.32 Å². The van der Waals surface area contributed by atoms with Crippen molar-refractivity contribution in [2.24, 2.45) is 0 Å². The Labute approximate surface area is 113 Å². The Morgan fingerprint density at radius 3 is 2.56 bits per heavy atom. The minimum atomic E-state index is -1.61. The average molecular weight is 304 g/mol. The second-order valence-electron chi connectivity index (χ2n) is 4.22. The highest BCUT2D eigenvalue weighted by molar-refractivity contribution is 9.10. The second kappa shape index (κ2) is 3.93. The van der Waals surface area contributed by atoms with E-state index in [2.05, 4.69) is 21.2 Å². The zero-order valence-corrected chi connectivity index (χ0v) is 10.9. The third-order valence-electron chi connectivity index (χ3n) is 3.14. The molecule has 3 nitrogen and oxygen atoms in total. The number of carbonyl (C=O) groups excluding carboxylic acids is 1. The molecule has 0 saturated heterocycles. The number of amides is 1. The van der Waals surface area contributed by atoms with E-state index >= 15 is 0 Å². The number of carbonyl (C=O) groups is 1. The summed E-state index contributed by atoms with van der Waals surface area (Å²) in [6, 6.07) is 14.3. The highest BCUT2D eigenvalue weighted by Crippen LogP contribution is 2.41. The molecule has 90 valence electrons. The summed E-state index contributed by atoms with van der Waals surface area (Å²) >= 11 is 3.36. The van der Waals surface area contributed by atoms with Gasteiger partial charge in [-0.1, -0.05) is 46.3 Å². The summed E-state index contributed by atoms with van der Waals surface area (Å²) in [5, 5.41) is 13.5. The third-order valence-corrected chi connectivity index (χ3v) is 3.63. The molecule has 2 aromatic carbocycles. The van der Waals surface area contributed by atoms with Crippen molar-refractivity contribution >= 4 is 27.5 Å². The predicted octanol–water partition coefficient (Wildman–Crippen LogP) is 2.64. The van der Waals surface area contributed by atoms with Crippen molar-refractivity contribution in [1.82, 2.24) is 0 Å². The molecular formula is C14H10BrNO2. The van der Waals surface area contributed by atoms with Gasteiger partial charge in [0.1, 0.15) is 0 Å². The number of rotatable bonds is 1. The molecule has 0 saturated carbocycles. The molecule has 1 atom stereocenters. The van der Waals surface area contributed by atoms with Gasteiger partial charge >= 0.3 is 0 Å². The van der Waals surface area contributed by atoms with Crippen molar-refractivity contribution in [2.45, 2.75) is 5.60 Å². The molecule has 1 aliphatic rings. The van der Waals surface area contributed by atoms with E-state index < -0.39 is 11.5 Å². The first-order valence-corrected chi connectivity index (χ1v) is 6.31. The molecule has 0 fully saturated rings. The predicted molar refractivity (Wildman–Crippen MR) is 72.2 cm³/mol. The van der Waals surface area contributed by atoms with Gasteiger partial charge in [-0.2, -0.15) is 0 Å². The summed E-state index contributed by atoms with van der Waals surface area (Å²) in [6.07, 6.45) is 0. The molecule has 1 heterocycles. The minimum absolute atomic E-state index is 0.415. The molecule has 1 amide bonds. The number of hydrogen-bond acceptors (Lipinski definition) is 2. The van der Waals surface area contributed by atoms with Gasteiger partial charge in [-0.3, -0.25) is 4.79 Å². The quantitative estimate of drug-likeness (QED) is 0.851. The highest BCUT2D eigenvalue weighted by Gasteiger charge is 2.46. The monoisotopic (exact) mass is 303 g/mol. The lowest BCUT2D eigenvalue weighted by molar-refractivity contribution is -0.129. The SMILES string of the molecule is O=C1Nc2ccc(Br)cc2[C@@]1(O)c1ccccc1. The molecule has 0 bridgehead atoms. The van der Waals surface area contributed by atoms with Gasteiger partial charge in [0, 0.05) is 15.7 Å². The molecule has 0 aliphatic carbocycles. The molecular weight excluding hydrogens is 294 g/mol. The number of halogens is 1. The van der Waals surface area contributed by atoms with Crippen LogP contribution in [0.25, 0.3) is 0 Å². The van der Waals surface area contributed by atoms with Gasteiger partial charge in [0.05, 0.1) is 0 Å². The van der Waals surface area contributed by atoms with E-state index in [1.807, 2.05) is 12.1 Å². The minimum Gasteiger partial charge on any atom is -0.372 e. The van der Waals surface area contributed by atoms with Crippen LogP contribution >= 0.6 is 15.9 Å².